The number of aryl methyl sites for hydroxylation is 1. The Morgan fingerprint density at radius 3 is 2.81 bits per heavy atom. The average molecular weight is 218 g/mol. The zero-order valence-electron chi connectivity index (χ0n) is 9.27. The molecule has 2 N–H and O–H groups in total. The second-order valence-corrected chi connectivity index (χ2v) is 3.65. The number of H-pyrrole nitrogens is 1. The molecule has 4 heteroatoms. The summed E-state index contributed by atoms with van der Waals surface area (Å²) in [7, 11) is 1.48. The molecule has 0 radical (unpaired) electrons. The lowest BCUT2D eigenvalue weighted by atomic mass is 10.0. The molecule has 0 aliphatic carbocycles. The molecule has 84 valence electrons. The Labute approximate surface area is 93.9 Å². The Bertz CT molecular complexity index is 466. The smallest absolute Gasteiger partial charge is 0.180 e. The predicted molar refractivity (Wildman–Crippen MR) is 60.7 cm³/mol. The van der Waals surface area contributed by atoms with Gasteiger partial charge in [0.1, 0.15) is 0 Å². The van der Waals surface area contributed by atoms with Crippen LogP contribution in [0.2, 0.25) is 0 Å². The van der Waals surface area contributed by atoms with Gasteiger partial charge >= 0.3 is 0 Å². The van der Waals surface area contributed by atoms with Gasteiger partial charge in [0.2, 0.25) is 0 Å². The number of aromatic amines is 1. The number of nitrogens with one attached hydrogen (secondary N) is 1. The lowest BCUT2D eigenvalue weighted by molar-refractivity contribution is -0.0769. The Hall–Kier alpha value is -1.65. The molecule has 1 atom stereocenters. The normalized spacial score (nSPS) is 12.7. The molecule has 2 rings (SSSR count). The van der Waals surface area contributed by atoms with E-state index in [2.05, 4.69) is 10.2 Å². The Kier molecular flexibility index (Phi) is 3.03. The fourth-order valence-corrected chi connectivity index (χ4v) is 1.70. The van der Waals surface area contributed by atoms with Crippen LogP contribution in [0.5, 0.6) is 0 Å². The molecule has 0 spiro atoms. The van der Waals surface area contributed by atoms with Crippen molar-refractivity contribution >= 4 is 0 Å². The summed E-state index contributed by atoms with van der Waals surface area (Å²) in [4.78, 5) is 0. The molecule has 0 fully saturated rings. The highest BCUT2D eigenvalue weighted by Crippen LogP contribution is 2.25. The molecule has 0 amide bonds. The third-order valence-corrected chi connectivity index (χ3v) is 2.57. The van der Waals surface area contributed by atoms with Crippen molar-refractivity contribution in [2.24, 2.45) is 0 Å². The number of rotatable bonds is 3. The Balaban J connectivity index is 2.37. The highest BCUT2D eigenvalue weighted by molar-refractivity contribution is 5.66. The maximum absolute atomic E-state index is 9.53. The van der Waals surface area contributed by atoms with Gasteiger partial charge in [-0.2, -0.15) is 5.10 Å². The van der Waals surface area contributed by atoms with Crippen LogP contribution in [0.4, 0.5) is 0 Å². The van der Waals surface area contributed by atoms with Crippen molar-refractivity contribution in [3.8, 4) is 11.1 Å². The fraction of sp³-hybridized carbons (Fsp3) is 0.250. The van der Waals surface area contributed by atoms with Gasteiger partial charge < -0.3 is 9.84 Å². The van der Waals surface area contributed by atoms with E-state index >= 15 is 0 Å². The third-order valence-electron chi connectivity index (χ3n) is 2.57. The second kappa shape index (κ2) is 4.47. The van der Waals surface area contributed by atoms with Crippen LogP contribution in [-0.4, -0.2) is 22.4 Å². The molecule has 1 aromatic heterocycles. The number of aromatic nitrogens is 2. The summed E-state index contributed by atoms with van der Waals surface area (Å²) < 4.78 is 4.86. The fourth-order valence-electron chi connectivity index (χ4n) is 1.70. The molecule has 2 aromatic rings. The van der Waals surface area contributed by atoms with E-state index in [4.69, 9.17) is 4.74 Å². The first-order chi connectivity index (χ1) is 7.72. The number of methoxy groups -OCH3 is 1. The molecule has 0 aliphatic heterocycles. The summed E-state index contributed by atoms with van der Waals surface area (Å²) in [5, 5.41) is 16.2. The van der Waals surface area contributed by atoms with Crippen molar-refractivity contribution in [1.29, 1.82) is 0 Å². The largest absolute Gasteiger partial charge is 0.364 e. The first-order valence-corrected chi connectivity index (χ1v) is 5.03. The van der Waals surface area contributed by atoms with Gasteiger partial charge in [0.15, 0.2) is 6.29 Å². The van der Waals surface area contributed by atoms with E-state index in [0.717, 1.165) is 22.3 Å². The van der Waals surface area contributed by atoms with E-state index in [1.54, 1.807) is 6.20 Å². The second-order valence-electron chi connectivity index (χ2n) is 3.65. The van der Waals surface area contributed by atoms with Crippen LogP contribution in [0.3, 0.4) is 0 Å². The minimum Gasteiger partial charge on any atom is -0.364 e. The summed E-state index contributed by atoms with van der Waals surface area (Å²) >= 11 is 0. The van der Waals surface area contributed by atoms with E-state index in [1.165, 1.54) is 7.11 Å². The van der Waals surface area contributed by atoms with E-state index in [-0.39, 0.29) is 0 Å². The summed E-state index contributed by atoms with van der Waals surface area (Å²) in [6, 6.07) is 5.72. The maximum Gasteiger partial charge on any atom is 0.180 e. The minimum atomic E-state index is -0.864. The standard InChI is InChI=1S/C12H14N2O2/c1-8-5-9(12(15)16-2)3-4-11(8)10-6-13-14-7-10/h3-7,12,15H,1-2H3,(H,13,14). The number of ether oxygens (including phenoxy) is 1. The van der Waals surface area contributed by atoms with Crippen LogP contribution in [0.15, 0.2) is 30.6 Å². The van der Waals surface area contributed by atoms with Gasteiger partial charge in [-0.15, -0.1) is 0 Å². The number of hydrogen-bond donors (Lipinski definition) is 2. The molecule has 0 saturated carbocycles. The number of aliphatic hydroxyl groups is 1. The average Bonchev–Trinajstić information content (AvgIpc) is 2.81. The number of hydrogen-bond acceptors (Lipinski definition) is 3. The topological polar surface area (TPSA) is 58.1 Å². The quantitative estimate of drug-likeness (QED) is 0.775. The molecule has 0 bridgehead atoms. The van der Waals surface area contributed by atoms with Crippen LogP contribution in [0.25, 0.3) is 11.1 Å². The van der Waals surface area contributed by atoms with Crippen molar-refractivity contribution in [2.45, 2.75) is 13.2 Å². The van der Waals surface area contributed by atoms with Crippen LogP contribution < -0.4 is 0 Å². The zero-order chi connectivity index (χ0) is 11.5. The van der Waals surface area contributed by atoms with Crippen LogP contribution in [-0.2, 0) is 4.74 Å². The SMILES string of the molecule is COC(O)c1ccc(-c2cn[nH]c2)c(C)c1. The van der Waals surface area contributed by atoms with Gasteiger partial charge in [-0.05, 0) is 18.1 Å². The van der Waals surface area contributed by atoms with Gasteiger partial charge in [0.05, 0.1) is 6.20 Å². The summed E-state index contributed by atoms with van der Waals surface area (Å²) in [6.45, 7) is 1.99. The third kappa shape index (κ3) is 1.98. The van der Waals surface area contributed by atoms with Crippen molar-refractivity contribution in [3.63, 3.8) is 0 Å². The highest BCUT2D eigenvalue weighted by atomic mass is 16.6. The van der Waals surface area contributed by atoms with Crippen LogP contribution in [0, 0.1) is 6.92 Å². The first kappa shape index (κ1) is 10.9. The van der Waals surface area contributed by atoms with Gasteiger partial charge in [0.25, 0.3) is 0 Å². The predicted octanol–water partition coefficient (Wildman–Crippen LogP) is 2.02. The number of aliphatic hydroxyl groups excluding tert-OH is 1. The van der Waals surface area contributed by atoms with Crippen molar-refractivity contribution in [2.75, 3.05) is 7.11 Å². The van der Waals surface area contributed by atoms with Crippen molar-refractivity contribution in [1.82, 2.24) is 10.2 Å². The molecule has 1 unspecified atom stereocenters. The van der Waals surface area contributed by atoms with Crippen molar-refractivity contribution < 1.29 is 9.84 Å². The summed E-state index contributed by atoms with van der Waals surface area (Å²) in [5.74, 6) is 0. The number of benzene rings is 1. The minimum absolute atomic E-state index is 0.757. The van der Waals surface area contributed by atoms with E-state index in [9.17, 15) is 5.11 Å². The molecule has 1 heterocycles. The van der Waals surface area contributed by atoms with Crippen molar-refractivity contribution in [3.05, 3.63) is 41.7 Å². The summed E-state index contributed by atoms with van der Waals surface area (Å²) in [6.07, 6.45) is 2.75. The molecular weight excluding hydrogens is 204 g/mol. The summed E-state index contributed by atoms with van der Waals surface area (Å²) in [5.41, 5.74) is 3.97. The molecule has 16 heavy (non-hydrogen) atoms. The van der Waals surface area contributed by atoms with E-state index < -0.39 is 6.29 Å². The first-order valence-electron chi connectivity index (χ1n) is 5.03. The monoisotopic (exact) mass is 218 g/mol. The van der Waals surface area contributed by atoms with Gasteiger partial charge in [0, 0.05) is 24.4 Å². The maximum atomic E-state index is 9.53. The molecule has 4 nitrogen and oxygen atoms in total. The Morgan fingerprint density at radius 2 is 2.25 bits per heavy atom. The van der Waals surface area contributed by atoms with Gasteiger partial charge in [-0.25, -0.2) is 0 Å². The van der Waals surface area contributed by atoms with Crippen LogP contribution in [0.1, 0.15) is 17.4 Å². The number of nitrogens with zero attached hydrogens (tertiary/aromatic N) is 1. The van der Waals surface area contributed by atoms with E-state index in [1.807, 2.05) is 31.3 Å². The van der Waals surface area contributed by atoms with E-state index in [0.29, 0.717) is 0 Å². The zero-order valence-corrected chi connectivity index (χ0v) is 9.27. The lowest BCUT2D eigenvalue weighted by Gasteiger charge is -2.11. The van der Waals surface area contributed by atoms with Gasteiger partial charge in [-0.1, -0.05) is 18.2 Å². The molecule has 0 saturated heterocycles. The molecular formula is C12H14N2O2. The highest BCUT2D eigenvalue weighted by Gasteiger charge is 2.09. The molecule has 0 aliphatic rings. The van der Waals surface area contributed by atoms with Gasteiger partial charge in [-0.3, -0.25) is 5.10 Å². The van der Waals surface area contributed by atoms with Crippen LogP contribution >= 0.6 is 0 Å². The Morgan fingerprint density at radius 1 is 1.44 bits per heavy atom. The lowest BCUT2D eigenvalue weighted by Crippen LogP contribution is -1.99. The molecule has 1 aromatic carbocycles.